The summed E-state index contributed by atoms with van der Waals surface area (Å²) in [7, 11) is 0. The predicted octanol–water partition coefficient (Wildman–Crippen LogP) is 13.1. The highest BCUT2D eigenvalue weighted by Gasteiger charge is 2.52. The minimum Gasteiger partial charge on any atom is -0.208 e. The zero-order chi connectivity index (χ0) is 36.4. The van der Waals surface area contributed by atoms with Crippen molar-refractivity contribution >= 4 is 21.5 Å². The molecule has 0 saturated heterocycles. The summed E-state index contributed by atoms with van der Waals surface area (Å²) in [4.78, 5) is 15.7. The summed E-state index contributed by atoms with van der Waals surface area (Å²) in [6.45, 7) is 9.66. The number of fused-ring (bicyclic) bond motifs is 7. The van der Waals surface area contributed by atoms with Gasteiger partial charge in [-0.2, -0.15) is 0 Å². The van der Waals surface area contributed by atoms with Gasteiger partial charge in [0.05, 0.1) is 0 Å². The van der Waals surface area contributed by atoms with E-state index in [9.17, 15) is 0 Å². The molecule has 3 heteroatoms. The Morgan fingerprint density at radius 3 is 1.89 bits per heavy atom. The fourth-order valence-electron chi connectivity index (χ4n) is 9.73. The van der Waals surface area contributed by atoms with Crippen molar-refractivity contribution in [2.24, 2.45) is 11.8 Å². The molecule has 3 unspecified atom stereocenters. The van der Waals surface area contributed by atoms with Gasteiger partial charge in [0.2, 0.25) is 0 Å². The summed E-state index contributed by atoms with van der Waals surface area (Å²) in [6.07, 6.45) is 3.39. The summed E-state index contributed by atoms with van der Waals surface area (Å²) in [6, 6.07) is 54.4. The van der Waals surface area contributed by atoms with E-state index in [0.29, 0.717) is 29.3 Å². The molecule has 0 N–H and O–H groups in total. The van der Waals surface area contributed by atoms with E-state index in [-0.39, 0.29) is 5.41 Å². The van der Waals surface area contributed by atoms with Crippen LogP contribution in [0.25, 0.3) is 78.0 Å². The lowest BCUT2D eigenvalue weighted by Crippen LogP contribution is -2.40. The molecule has 1 fully saturated rings. The van der Waals surface area contributed by atoms with Crippen molar-refractivity contribution < 1.29 is 0 Å². The minimum atomic E-state index is -0.272. The molecule has 1 aromatic heterocycles. The highest BCUT2D eigenvalue weighted by atomic mass is 15.0. The monoisotopic (exact) mass is 695 g/mol. The third-order valence-corrected chi connectivity index (χ3v) is 12.3. The lowest BCUT2D eigenvalue weighted by Gasteiger charge is -2.46. The second-order valence-corrected chi connectivity index (χ2v) is 15.3. The van der Waals surface area contributed by atoms with Crippen molar-refractivity contribution in [2.45, 2.75) is 38.5 Å². The molecule has 2 aliphatic carbocycles. The Labute approximate surface area is 317 Å². The Balaban J connectivity index is 1.18. The van der Waals surface area contributed by atoms with Crippen LogP contribution in [-0.4, -0.2) is 15.0 Å². The molecule has 10 rings (SSSR count). The van der Waals surface area contributed by atoms with Crippen LogP contribution in [0.4, 0.5) is 0 Å². The fraction of sp³-hybridized carbons (Fsp3) is 0.157. The van der Waals surface area contributed by atoms with E-state index in [2.05, 4.69) is 147 Å². The van der Waals surface area contributed by atoms with E-state index < -0.39 is 0 Å². The van der Waals surface area contributed by atoms with Crippen LogP contribution in [0.2, 0.25) is 0 Å². The van der Waals surface area contributed by atoms with Gasteiger partial charge in [-0.15, -0.1) is 0 Å². The first kappa shape index (κ1) is 32.5. The van der Waals surface area contributed by atoms with Crippen LogP contribution in [0.5, 0.6) is 0 Å². The van der Waals surface area contributed by atoms with Gasteiger partial charge in [-0.25, -0.2) is 15.0 Å². The predicted molar refractivity (Wildman–Crippen MR) is 224 cm³/mol. The van der Waals surface area contributed by atoms with Crippen molar-refractivity contribution in [3.8, 4) is 56.4 Å². The Morgan fingerprint density at radius 1 is 0.556 bits per heavy atom. The van der Waals surface area contributed by atoms with Crippen LogP contribution in [0.15, 0.2) is 164 Å². The molecule has 0 aliphatic heterocycles. The summed E-state index contributed by atoms with van der Waals surface area (Å²) < 4.78 is 0. The van der Waals surface area contributed by atoms with Crippen LogP contribution in [0.1, 0.15) is 44.2 Å². The van der Waals surface area contributed by atoms with Crippen molar-refractivity contribution in [1.29, 1.82) is 0 Å². The summed E-state index contributed by atoms with van der Waals surface area (Å²) in [5.41, 5.74) is 11.6. The number of benzene rings is 7. The molecule has 1 saturated carbocycles. The van der Waals surface area contributed by atoms with E-state index in [1.807, 2.05) is 18.2 Å². The molecule has 2 aliphatic rings. The third-order valence-electron chi connectivity index (χ3n) is 12.3. The van der Waals surface area contributed by atoms with Crippen molar-refractivity contribution in [3.63, 3.8) is 0 Å². The maximum atomic E-state index is 5.32. The largest absolute Gasteiger partial charge is 0.208 e. The maximum Gasteiger partial charge on any atom is 0.164 e. The second kappa shape index (κ2) is 12.7. The molecule has 7 aromatic carbocycles. The molecule has 8 aromatic rings. The van der Waals surface area contributed by atoms with Gasteiger partial charge in [-0.05, 0) is 91.7 Å². The molecular weight excluding hydrogens is 655 g/mol. The first-order valence-electron chi connectivity index (χ1n) is 19.3. The molecule has 1 heterocycles. The summed E-state index contributed by atoms with van der Waals surface area (Å²) in [5, 5.41) is 4.98. The average molecular weight is 696 g/mol. The van der Waals surface area contributed by atoms with Crippen molar-refractivity contribution in [2.75, 3.05) is 0 Å². The van der Waals surface area contributed by atoms with Crippen molar-refractivity contribution in [3.05, 3.63) is 175 Å². The number of hydrogen-bond donors (Lipinski definition) is 0. The highest BCUT2D eigenvalue weighted by Crippen LogP contribution is 2.62. The van der Waals surface area contributed by atoms with Gasteiger partial charge in [0.25, 0.3) is 0 Å². The Hall–Kier alpha value is -6.19. The van der Waals surface area contributed by atoms with Gasteiger partial charge in [-0.3, -0.25) is 0 Å². The minimum absolute atomic E-state index is 0.272. The highest BCUT2D eigenvalue weighted by molar-refractivity contribution is 5.99. The standard InChI is InChI=1S/C51H41N3/c1-4-34-28-32(2)51(33(3)29-34)45-23-13-22-43(47(45)44-30-39-17-8-9-18-40(39)31-46(44)51)50-53-48(37-15-6-5-7-16-37)52-49(54-50)38-26-24-36(25-27-38)42-21-12-19-35-14-10-11-20-41(35)42/h5-27,30-31,33-34H,2,4,28-29H2,1,3H3. The fourth-order valence-corrected chi connectivity index (χ4v) is 9.73. The van der Waals surface area contributed by atoms with Crippen LogP contribution in [0, 0.1) is 11.8 Å². The molecule has 3 atom stereocenters. The topological polar surface area (TPSA) is 38.7 Å². The number of aromatic nitrogens is 3. The summed E-state index contributed by atoms with van der Waals surface area (Å²) in [5.74, 6) is 3.06. The first-order chi connectivity index (χ1) is 26.5. The molecule has 0 amide bonds. The first-order valence-corrected chi connectivity index (χ1v) is 19.3. The van der Waals surface area contributed by atoms with Gasteiger partial charge in [0.1, 0.15) is 0 Å². The molecule has 260 valence electrons. The molecule has 0 bridgehead atoms. The Bertz CT molecular complexity index is 2740. The van der Waals surface area contributed by atoms with Crippen LogP contribution in [-0.2, 0) is 5.41 Å². The molecule has 3 nitrogen and oxygen atoms in total. The molecule has 54 heavy (non-hydrogen) atoms. The van der Waals surface area contributed by atoms with Crippen LogP contribution in [0.3, 0.4) is 0 Å². The quantitative estimate of drug-likeness (QED) is 0.168. The average Bonchev–Trinajstić information content (AvgIpc) is 3.52. The molecular formula is C51H41N3. The second-order valence-electron chi connectivity index (χ2n) is 15.3. The number of hydrogen-bond acceptors (Lipinski definition) is 3. The van der Waals surface area contributed by atoms with E-state index >= 15 is 0 Å². The van der Waals surface area contributed by atoms with Gasteiger partial charge in [-0.1, -0.05) is 172 Å². The van der Waals surface area contributed by atoms with Gasteiger partial charge < -0.3 is 0 Å². The van der Waals surface area contributed by atoms with E-state index in [4.69, 9.17) is 21.5 Å². The van der Waals surface area contributed by atoms with Crippen LogP contribution < -0.4 is 0 Å². The Kier molecular flexibility index (Phi) is 7.66. The Morgan fingerprint density at radius 2 is 1.15 bits per heavy atom. The third kappa shape index (κ3) is 4.99. The number of rotatable bonds is 5. The lowest BCUT2D eigenvalue weighted by molar-refractivity contribution is 0.248. The van der Waals surface area contributed by atoms with E-state index in [1.165, 1.54) is 67.8 Å². The molecule has 1 spiro atoms. The zero-order valence-corrected chi connectivity index (χ0v) is 30.8. The van der Waals surface area contributed by atoms with Gasteiger partial charge in [0.15, 0.2) is 17.5 Å². The number of nitrogens with zero attached hydrogens (tertiary/aromatic N) is 3. The normalized spacial score (nSPS) is 19.0. The van der Waals surface area contributed by atoms with E-state index in [0.717, 1.165) is 28.7 Å². The van der Waals surface area contributed by atoms with Crippen molar-refractivity contribution in [1.82, 2.24) is 15.0 Å². The van der Waals surface area contributed by atoms with E-state index in [1.54, 1.807) is 0 Å². The SMILES string of the molecule is C=C1CC(CC)CC(C)C12c1cc3ccccc3cc1-c1c(-c3nc(-c4ccccc4)nc(-c4ccc(-c5cccc6ccccc56)cc4)n3)cccc12. The van der Waals surface area contributed by atoms with Crippen LogP contribution >= 0.6 is 0 Å². The van der Waals surface area contributed by atoms with Gasteiger partial charge >= 0.3 is 0 Å². The summed E-state index contributed by atoms with van der Waals surface area (Å²) >= 11 is 0. The zero-order valence-electron chi connectivity index (χ0n) is 30.8. The lowest BCUT2D eigenvalue weighted by atomic mass is 9.57. The maximum absolute atomic E-state index is 5.32. The van der Waals surface area contributed by atoms with Gasteiger partial charge in [0, 0.05) is 22.1 Å². The smallest absolute Gasteiger partial charge is 0.164 e. The molecule has 0 radical (unpaired) electrons. The number of allylic oxidation sites excluding steroid dienone is 1.